The van der Waals surface area contributed by atoms with Crippen LogP contribution in [0, 0.1) is 11.7 Å². The molecule has 1 heterocycles. The van der Waals surface area contributed by atoms with Crippen LogP contribution in [-0.2, 0) is 0 Å². The van der Waals surface area contributed by atoms with E-state index in [0.717, 1.165) is 36.0 Å². The highest BCUT2D eigenvalue weighted by Gasteiger charge is 2.16. The number of benzene rings is 2. The largest absolute Gasteiger partial charge is 0.330 e. The van der Waals surface area contributed by atoms with Gasteiger partial charge < -0.3 is 16.4 Å². The summed E-state index contributed by atoms with van der Waals surface area (Å²) < 4.78 is 13.4. The molecule has 0 saturated carbocycles. The molecule has 2 aromatic carbocycles. The number of rotatable bonds is 4. The first-order valence-corrected chi connectivity index (χ1v) is 9.25. The van der Waals surface area contributed by atoms with E-state index >= 15 is 0 Å². The van der Waals surface area contributed by atoms with E-state index in [1.54, 1.807) is 12.1 Å². The van der Waals surface area contributed by atoms with Crippen molar-refractivity contribution in [2.45, 2.75) is 17.7 Å². The fraction of sp³-hybridized carbons (Fsp3) is 0.400. The highest BCUT2D eigenvalue weighted by Crippen LogP contribution is 2.23. The third-order valence-corrected chi connectivity index (χ3v) is 4.84. The first kappa shape index (κ1) is 19.9. The Balaban J connectivity index is 0.000000186. The van der Waals surface area contributed by atoms with Crippen molar-refractivity contribution in [2.75, 3.05) is 32.7 Å². The highest BCUT2D eigenvalue weighted by atomic mass is 32.1. The predicted molar refractivity (Wildman–Crippen MR) is 106 cm³/mol. The fourth-order valence-electron chi connectivity index (χ4n) is 2.96. The van der Waals surface area contributed by atoms with Gasteiger partial charge in [0.2, 0.25) is 0 Å². The van der Waals surface area contributed by atoms with Gasteiger partial charge in [0.05, 0.1) is 0 Å². The van der Waals surface area contributed by atoms with E-state index in [4.69, 9.17) is 11.5 Å². The molecule has 136 valence electrons. The topological polar surface area (TPSA) is 55.3 Å². The summed E-state index contributed by atoms with van der Waals surface area (Å²) in [5, 5.41) is 0. The number of nitrogens with zero attached hydrogens (tertiary/aromatic N) is 1. The van der Waals surface area contributed by atoms with E-state index in [1.165, 1.54) is 32.0 Å². The predicted octanol–water partition coefficient (Wildman–Crippen LogP) is 3.40. The molecule has 2 aromatic rings. The monoisotopic (exact) mass is 361 g/mol. The number of hydrogen-bond donors (Lipinski definition) is 3. The van der Waals surface area contributed by atoms with Crippen LogP contribution < -0.4 is 11.5 Å². The Kier molecular flexibility index (Phi) is 8.41. The van der Waals surface area contributed by atoms with Gasteiger partial charge in [-0.15, -0.1) is 12.6 Å². The number of halogens is 1. The summed E-state index contributed by atoms with van der Waals surface area (Å²) >= 11 is 4.18. The molecule has 0 unspecified atom stereocenters. The minimum Gasteiger partial charge on any atom is -0.330 e. The smallest absolute Gasteiger partial charge is 0.131 e. The van der Waals surface area contributed by atoms with Crippen LogP contribution in [0.2, 0.25) is 0 Å². The lowest BCUT2D eigenvalue weighted by molar-refractivity contribution is 0.192. The number of piperidine rings is 1. The van der Waals surface area contributed by atoms with Gasteiger partial charge in [0, 0.05) is 23.5 Å². The molecular weight excluding hydrogens is 333 g/mol. The molecule has 0 aliphatic carbocycles. The van der Waals surface area contributed by atoms with Gasteiger partial charge in [0.15, 0.2) is 0 Å². The van der Waals surface area contributed by atoms with Crippen molar-refractivity contribution in [1.29, 1.82) is 0 Å². The fourth-order valence-corrected chi connectivity index (χ4v) is 3.11. The number of nitrogens with two attached hydrogens (primary N) is 2. The minimum absolute atomic E-state index is 0.195. The van der Waals surface area contributed by atoms with Gasteiger partial charge >= 0.3 is 0 Å². The van der Waals surface area contributed by atoms with Gasteiger partial charge in [-0.25, -0.2) is 4.39 Å². The normalized spacial score (nSPS) is 15.5. The molecule has 1 fully saturated rings. The lowest BCUT2D eigenvalue weighted by Crippen LogP contribution is -2.38. The lowest BCUT2D eigenvalue weighted by atomic mass is 9.97. The minimum atomic E-state index is -0.195. The number of likely N-dealkylation sites (tertiary alicyclic amines) is 1. The summed E-state index contributed by atoms with van der Waals surface area (Å²) in [6, 6.07) is 14.2. The summed E-state index contributed by atoms with van der Waals surface area (Å²) in [6.07, 6.45) is 2.52. The van der Waals surface area contributed by atoms with Gasteiger partial charge in [-0.1, -0.05) is 30.3 Å². The van der Waals surface area contributed by atoms with Crippen LogP contribution in [0.5, 0.6) is 0 Å². The molecule has 1 saturated heterocycles. The van der Waals surface area contributed by atoms with Crippen LogP contribution in [0.3, 0.4) is 0 Å². The summed E-state index contributed by atoms with van der Waals surface area (Å²) in [6.45, 7) is 5.08. The highest BCUT2D eigenvalue weighted by molar-refractivity contribution is 7.80. The molecular formula is C20H28FN3S. The Labute approximate surface area is 155 Å². The van der Waals surface area contributed by atoms with E-state index in [-0.39, 0.29) is 5.82 Å². The summed E-state index contributed by atoms with van der Waals surface area (Å²) in [7, 11) is 0. The Hall–Kier alpha value is -1.40. The van der Waals surface area contributed by atoms with Gasteiger partial charge in [0.1, 0.15) is 5.82 Å². The van der Waals surface area contributed by atoms with E-state index in [1.807, 2.05) is 30.3 Å². The number of hydrogen-bond acceptors (Lipinski definition) is 4. The molecule has 4 N–H and O–H groups in total. The van der Waals surface area contributed by atoms with Crippen molar-refractivity contribution in [2.24, 2.45) is 17.4 Å². The molecule has 3 rings (SSSR count). The lowest BCUT2D eigenvalue weighted by Gasteiger charge is -2.30. The molecule has 25 heavy (non-hydrogen) atoms. The van der Waals surface area contributed by atoms with E-state index in [0.29, 0.717) is 5.56 Å². The Morgan fingerprint density at radius 2 is 1.64 bits per heavy atom. The Bertz CT molecular complexity index is 625. The third-order valence-electron chi connectivity index (χ3n) is 4.54. The molecule has 1 aliphatic heterocycles. The second-order valence-corrected chi connectivity index (χ2v) is 6.85. The van der Waals surface area contributed by atoms with Gasteiger partial charge in [-0.2, -0.15) is 0 Å². The molecule has 0 spiro atoms. The average Bonchev–Trinajstić information content (AvgIpc) is 2.64. The molecule has 0 atom stereocenters. The maximum absolute atomic E-state index is 13.4. The van der Waals surface area contributed by atoms with Crippen molar-refractivity contribution < 1.29 is 4.39 Å². The summed E-state index contributed by atoms with van der Waals surface area (Å²) in [5.41, 5.74) is 12.5. The van der Waals surface area contributed by atoms with Crippen molar-refractivity contribution in [3.05, 3.63) is 54.3 Å². The molecule has 0 amide bonds. The second kappa shape index (κ2) is 10.6. The van der Waals surface area contributed by atoms with Crippen molar-refractivity contribution in [3.8, 4) is 11.1 Å². The van der Waals surface area contributed by atoms with E-state index < -0.39 is 0 Å². The van der Waals surface area contributed by atoms with E-state index in [2.05, 4.69) is 17.5 Å². The molecule has 0 bridgehead atoms. The first-order chi connectivity index (χ1) is 12.1. The van der Waals surface area contributed by atoms with Crippen LogP contribution in [-0.4, -0.2) is 37.6 Å². The zero-order valence-corrected chi connectivity index (χ0v) is 15.5. The maximum atomic E-state index is 13.4. The summed E-state index contributed by atoms with van der Waals surface area (Å²) in [5.74, 6) is 0.573. The average molecular weight is 362 g/mol. The molecule has 1 aliphatic rings. The van der Waals surface area contributed by atoms with Crippen LogP contribution in [0.25, 0.3) is 11.1 Å². The quantitative estimate of drug-likeness (QED) is 0.732. The molecule has 5 heteroatoms. The van der Waals surface area contributed by atoms with Crippen LogP contribution in [0.4, 0.5) is 4.39 Å². The third kappa shape index (κ3) is 6.44. The maximum Gasteiger partial charge on any atom is 0.131 e. The van der Waals surface area contributed by atoms with Crippen molar-refractivity contribution >= 4 is 12.6 Å². The van der Waals surface area contributed by atoms with Crippen molar-refractivity contribution in [3.63, 3.8) is 0 Å². The SMILES string of the molecule is Fc1ccccc1-c1ccc(S)cc1.NCCN1CCC(CN)CC1. The molecule has 0 aromatic heterocycles. The zero-order valence-electron chi connectivity index (χ0n) is 14.6. The van der Waals surface area contributed by atoms with Crippen molar-refractivity contribution in [1.82, 2.24) is 4.90 Å². The van der Waals surface area contributed by atoms with Crippen LogP contribution in [0.1, 0.15) is 12.8 Å². The molecule has 3 nitrogen and oxygen atoms in total. The van der Waals surface area contributed by atoms with Gasteiger partial charge in [-0.05, 0) is 62.2 Å². The first-order valence-electron chi connectivity index (χ1n) is 8.80. The van der Waals surface area contributed by atoms with E-state index in [9.17, 15) is 4.39 Å². The Morgan fingerprint density at radius 3 is 2.20 bits per heavy atom. The number of thiol groups is 1. The van der Waals surface area contributed by atoms with Gasteiger partial charge in [-0.3, -0.25) is 0 Å². The van der Waals surface area contributed by atoms with Crippen LogP contribution in [0.15, 0.2) is 53.4 Å². The molecule has 0 radical (unpaired) electrons. The standard InChI is InChI=1S/C12H9FS.C8H19N3/c13-12-4-2-1-3-11(12)9-5-7-10(14)8-6-9;9-3-6-11-4-1-8(7-10)2-5-11/h1-8,14H;8H,1-7,9-10H2. The second-order valence-electron chi connectivity index (χ2n) is 6.34. The zero-order chi connectivity index (χ0) is 18.1. The van der Waals surface area contributed by atoms with Gasteiger partial charge in [0.25, 0.3) is 0 Å². The Morgan fingerprint density at radius 1 is 1.00 bits per heavy atom. The summed E-state index contributed by atoms with van der Waals surface area (Å²) in [4.78, 5) is 3.30. The van der Waals surface area contributed by atoms with Crippen LogP contribution >= 0.6 is 12.6 Å².